The molecule has 2 atom stereocenters. The van der Waals surface area contributed by atoms with Crippen LogP contribution in [-0.2, 0) is 0 Å². The molecule has 0 saturated carbocycles. The highest BCUT2D eigenvalue weighted by Crippen LogP contribution is 2.38. The van der Waals surface area contributed by atoms with Crippen molar-refractivity contribution in [2.75, 3.05) is 0 Å². The van der Waals surface area contributed by atoms with Crippen molar-refractivity contribution in [3.05, 3.63) is 53.9 Å². The minimum Gasteiger partial charge on any atom is -0.292 e. The Morgan fingerprint density at radius 3 is 2.44 bits per heavy atom. The van der Waals surface area contributed by atoms with Crippen molar-refractivity contribution < 1.29 is 13.2 Å². The normalized spacial score (nSPS) is 29.6. The molecule has 0 fully saturated rings. The van der Waals surface area contributed by atoms with E-state index in [4.69, 9.17) is 5.73 Å². The Labute approximate surface area is 91.1 Å². The van der Waals surface area contributed by atoms with Gasteiger partial charge in [-0.1, -0.05) is 30.3 Å². The fourth-order valence-corrected chi connectivity index (χ4v) is 1.68. The number of rotatable bonds is 1. The largest absolute Gasteiger partial charge is 0.292 e. The van der Waals surface area contributed by atoms with E-state index < -0.39 is 23.4 Å². The topological polar surface area (TPSA) is 26.0 Å². The molecule has 1 aliphatic carbocycles. The lowest BCUT2D eigenvalue weighted by molar-refractivity contribution is 0.139. The van der Waals surface area contributed by atoms with E-state index in [0.29, 0.717) is 0 Å². The fraction of sp³-hybridized carbons (Fsp3) is 0.167. The Kier molecular flexibility index (Phi) is 2.59. The van der Waals surface area contributed by atoms with Crippen molar-refractivity contribution in [3.63, 3.8) is 0 Å². The highest BCUT2D eigenvalue weighted by atomic mass is 19.2. The molecule has 0 heterocycles. The van der Waals surface area contributed by atoms with E-state index in [1.807, 2.05) is 0 Å². The van der Waals surface area contributed by atoms with Crippen molar-refractivity contribution in [3.8, 4) is 0 Å². The van der Waals surface area contributed by atoms with E-state index in [2.05, 4.69) is 0 Å². The van der Waals surface area contributed by atoms with Crippen LogP contribution in [0.5, 0.6) is 0 Å². The van der Waals surface area contributed by atoms with Gasteiger partial charge in [0.2, 0.25) is 5.79 Å². The quantitative estimate of drug-likeness (QED) is 0.731. The summed E-state index contributed by atoms with van der Waals surface area (Å²) in [5.74, 6) is -3.66. The predicted octanol–water partition coefficient (Wildman–Crippen LogP) is 2.90. The number of hydrogen-bond donors (Lipinski definition) is 1. The molecule has 16 heavy (non-hydrogen) atoms. The molecule has 0 aromatic heterocycles. The SMILES string of the molecule is NC1(F)C(c2ccccc2)=C(F)C=CC1F. The molecule has 1 aromatic carbocycles. The number of nitrogens with two attached hydrogens (primary N) is 1. The van der Waals surface area contributed by atoms with Crippen molar-refractivity contribution >= 4 is 5.57 Å². The fourth-order valence-electron chi connectivity index (χ4n) is 1.68. The van der Waals surface area contributed by atoms with Crippen molar-refractivity contribution in [2.24, 2.45) is 5.73 Å². The molecule has 1 aromatic rings. The zero-order chi connectivity index (χ0) is 11.8. The first kappa shape index (κ1) is 11.0. The summed E-state index contributed by atoms with van der Waals surface area (Å²) in [6, 6.07) is 7.89. The van der Waals surface area contributed by atoms with E-state index in [1.54, 1.807) is 18.2 Å². The van der Waals surface area contributed by atoms with E-state index >= 15 is 0 Å². The van der Waals surface area contributed by atoms with Crippen LogP contribution in [0.2, 0.25) is 0 Å². The number of alkyl halides is 2. The van der Waals surface area contributed by atoms with E-state index in [1.165, 1.54) is 12.1 Å². The van der Waals surface area contributed by atoms with Crippen LogP contribution in [0.25, 0.3) is 5.57 Å². The van der Waals surface area contributed by atoms with Gasteiger partial charge < -0.3 is 0 Å². The molecule has 0 radical (unpaired) electrons. The maximum atomic E-state index is 13.9. The maximum Gasteiger partial charge on any atom is 0.223 e. The van der Waals surface area contributed by atoms with Crippen LogP contribution in [0.1, 0.15) is 5.56 Å². The summed E-state index contributed by atoms with van der Waals surface area (Å²) in [5.41, 5.74) is 5.00. The highest BCUT2D eigenvalue weighted by Gasteiger charge is 2.42. The number of allylic oxidation sites excluding steroid dienone is 2. The number of benzene rings is 1. The highest BCUT2D eigenvalue weighted by molar-refractivity contribution is 5.77. The Hall–Kier alpha value is -1.55. The Morgan fingerprint density at radius 2 is 1.81 bits per heavy atom. The van der Waals surface area contributed by atoms with E-state index in [9.17, 15) is 13.2 Å². The van der Waals surface area contributed by atoms with Crippen molar-refractivity contribution in [1.82, 2.24) is 0 Å². The van der Waals surface area contributed by atoms with Gasteiger partial charge in [-0.25, -0.2) is 13.2 Å². The van der Waals surface area contributed by atoms with Crippen LogP contribution in [-0.4, -0.2) is 12.0 Å². The summed E-state index contributed by atoms with van der Waals surface area (Å²) in [6.07, 6.45) is -0.360. The van der Waals surface area contributed by atoms with Gasteiger partial charge in [0, 0.05) is 5.57 Å². The average molecular weight is 225 g/mol. The summed E-state index contributed by atoms with van der Waals surface area (Å²) in [4.78, 5) is 0. The molecule has 0 spiro atoms. The van der Waals surface area contributed by atoms with Gasteiger partial charge in [-0.2, -0.15) is 0 Å². The average Bonchev–Trinajstić information content (AvgIpc) is 2.25. The summed E-state index contributed by atoms with van der Waals surface area (Å²) in [6.45, 7) is 0. The van der Waals surface area contributed by atoms with Gasteiger partial charge in [0.25, 0.3) is 0 Å². The molecule has 0 amide bonds. The van der Waals surface area contributed by atoms with E-state index in [-0.39, 0.29) is 5.56 Å². The summed E-state index contributed by atoms with van der Waals surface area (Å²) < 4.78 is 40.7. The molecule has 1 nitrogen and oxygen atoms in total. The first-order valence-electron chi connectivity index (χ1n) is 4.79. The first-order valence-corrected chi connectivity index (χ1v) is 4.79. The standard InChI is InChI=1S/C12H10F3N/c13-9-6-7-10(14)12(15,16)11(9)8-4-2-1-3-5-8/h1-7,10H,16H2. The lowest BCUT2D eigenvalue weighted by atomic mass is 9.89. The smallest absolute Gasteiger partial charge is 0.223 e. The molecule has 0 saturated heterocycles. The van der Waals surface area contributed by atoms with E-state index in [0.717, 1.165) is 12.2 Å². The van der Waals surface area contributed by atoms with Gasteiger partial charge in [0.05, 0.1) is 0 Å². The van der Waals surface area contributed by atoms with Gasteiger partial charge in [-0.05, 0) is 17.7 Å². The van der Waals surface area contributed by atoms with Gasteiger partial charge >= 0.3 is 0 Å². The second-order valence-electron chi connectivity index (χ2n) is 3.62. The minimum absolute atomic E-state index is 0.247. The lowest BCUT2D eigenvalue weighted by Crippen LogP contribution is -2.46. The molecule has 84 valence electrons. The zero-order valence-corrected chi connectivity index (χ0v) is 8.33. The molecule has 1 aliphatic rings. The summed E-state index contributed by atoms with van der Waals surface area (Å²) in [5, 5.41) is 0. The maximum absolute atomic E-state index is 13.9. The van der Waals surface area contributed by atoms with Crippen molar-refractivity contribution in [2.45, 2.75) is 12.0 Å². The Balaban J connectivity index is 2.57. The third-order valence-corrected chi connectivity index (χ3v) is 2.50. The molecule has 2 N–H and O–H groups in total. The van der Waals surface area contributed by atoms with Crippen LogP contribution in [0.3, 0.4) is 0 Å². The van der Waals surface area contributed by atoms with Gasteiger partial charge in [-0.3, -0.25) is 5.73 Å². The van der Waals surface area contributed by atoms with Crippen LogP contribution < -0.4 is 5.73 Å². The first-order chi connectivity index (χ1) is 7.53. The minimum atomic E-state index is -2.82. The van der Waals surface area contributed by atoms with Gasteiger partial charge in [0.1, 0.15) is 5.83 Å². The number of hydrogen-bond acceptors (Lipinski definition) is 1. The second-order valence-corrected chi connectivity index (χ2v) is 3.62. The molecule has 0 aliphatic heterocycles. The van der Waals surface area contributed by atoms with Crippen LogP contribution in [0.4, 0.5) is 13.2 Å². The monoisotopic (exact) mass is 225 g/mol. The lowest BCUT2D eigenvalue weighted by Gasteiger charge is -2.28. The molecular weight excluding hydrogens is 215 g/mol. The Morgan fingerprint density at radius 1 is 1.19 bits per heavy atom. The summed E-state index contributed by atoms with van der Waals surface area (Å²) >= 11 is 0. The Bertz CT molecular complexity index is 449. The molecular formula is C12H10F3N. The predicted molar refractivity (Wildman–Crippen MR) is 56.5 cm³/mol. The third kappa shape index (κ3) is 1.65. The zero-order valence-electron chi connectivity index (χ0n) is 8.33. The van der Waals surface area contributed by atoms with Crippen LogP contribution in [0, 0.1) is 0 Å². The van der Waals surface area contributed by atoms with Crippen LogP contribution >= 0.6 is 0 Å². The molecule has 4 heteroatoms. The number of halogens is 3. The summed E-state index contributed by atoms with van der Waals surface area (Å²) in [7, 11) is 0. The van der Waals surface area contributed by atoms with Crippen molar-refractivity contribution in [1.29, 1.82) is 0 Å². The van der Waals surface area contributed by atoms with Gasteiger partial charge in [0.15, 0.2) is 6.17 Å². The molecule has 0 bridgehead atoms. The molecule has 2 unspecified atom stereocenters. The second kappa shape index (κ2) is 3.79. The molecule has 2 rings (SSSR count). The third-order valence-electron chi connectivity index (χ3n) is 2.50. The van der Waals surface area contributed by atoms with Crippen LogP contribution in [0.15, 0.2) is 48.3 Å². The van der Waals surface area contributed by atoms with Gasteiger partial charge in [-0.15, -0.1) is 0 Å².